The highest BCUT2D eigenvalue weighted by Gasteiger charge is 2.46. The van der Waals surface area contributed by atoms with Gasteiger partial charge < -0.3 is 10.2 Å². The minimum Gasteiger partial charge on any atom is -0.343 e. The summed E-state index contributed by atoms with van der Waals surface area (Å²) in [7, 11) is 5.56. The molecule has 1 unspecified atom stereocenters. The van der Waals surface area contributed by atoms with Crippen LogP contribution in [0, 0.1) is 0 Å². The van der Waals surface area contributed by atoms with E-state index < -0.39 is 0 Å². The molecule has 0 spiro atoms. The average molecular weight is 428 g/mol. The number of aryl methyl sites for hydroxylation is 1. The van der Waals surface area contributed by atoms with E-state index in [0.29, 0.717) is 0 Å². The lowest BCUT2D eigenvalue weighted by atomic mass is 9.95. The first kappa shape index (κ1) is 19.9. The van der Waals surface area contributed by atoms with E-state index in [-0.39, 0.29) is 29.8 Å². The first-order valence-electron chi connectivity index (χ1n) is 8.12. The van der Waals surface area contributed by atoms with E-state index in [1.54, 1.807) is 10.9 Å². The summed E-state index contributed by atoms with van der Waals surface area (Å²) in [6.45, 7) is 0.742. The summed E-state index contributed by atoms with van der Waals surface area (Å²) in [5.41, 5.74) is 2.32. The standard InChI is InChI=1S/C18H23BrN4O.ClH/c1-20-16(13-10-21-23(3)11-13)17(24)22(2)12-18(8-9-18)14-4-6-15(19)7-5-14;/h4-7,10-11,16,20H,8-9,12H2,1-3H3;1H. The molecule has 3 rings (SSSR count). The number of amides is 1. The average Bonchev–Trinajstić information content (AvgIpc) is 3.22. The second-order valence-corrected chi connectivity index (χ2v) is 7.57. The second-order valence-electron chi connectivity index (χ2n) is 6.65. The molecule has 136 valence electrons. The highest BCUT2D eigenvalue weighted by molar-refractivity contribution is 9.10. The molecule has 1 amide bonds. The third-order valence-electron chi connectivity index (χ3n) is 4.82. The summed E-state index contributed by atoms with van der Waals surface area (Å²) >= 11 is 3.48. The quantitative estimate of drug-likeness (QED) is 0.771. The van der Waals surface area contributed by atoms with Crippen LogP contribution in [0.1, 0.15) is 30.0 Å². The Hall–Kier alpha value is -1.37. The largest absolute Gasteiger partial charge is 0.343 e. The molecule has 1 aliphatic carbocycles. The van der Waals surface area contributed by atoms with Crippen LogP contribution in [-0.2, 0) is 17.3 Å². The molecule has 2 aromatic rings. The van der Waals surface area contributed by atoms with Gasteiger partial charge in [-0.1, -0.05) is 28.1 Å². The van der Waals surface area contributed by atoms with Crippen LogP contribution in [0.3, 0.4) is 0 Å². The molecule has 1 aromatic heterocycles. The molecule has 0 bridgehead atoms. The van der Waals surface area contributed by atoms with E-state index >= 15 is 0 Å². The SMILES string of the molecule is CNC(C(=O)N(C)CC1(c2ccc(Br)cc2)CC1)c1cnn(C)c1.Cl. The molecule has 5 nitrogen and oxygen atoms in total. The number of hydrogen-bond donors (Lipinski definition) is 1. The van der Waals surface area contributed by atoms with Crippen molar-refractivity contribution in [3.8, 4) is 0 Å². The molecule has 1 fully saturated rings. The molecule has 1 aliphatic rings. The van der Waals surface area contributed by atoms with Gasteiger partial charge in [0.15, 0.2) is 0 Å². The number of halogens is 2. The van der Waals surface area contributed by atoms with E-state index in [9.17, 15) is 4.79 Å². The zero-order valence-electron chi connectivity index (χ0n) is 14.7. The Morgan fingerprint density at radius 2 is 2.04 bits per heavy atom. The van der Waals surface area contributed by atoms with Gasteiger partial charge in [0.1, 0.15) is 6.04 Å². The van der Waals surface area contributed by atoms with Crippen molar-refractivity contribution in [2.75, 3.05) is 20.6 Å². The van der Waals surface area contributed by atoms with Crippen LogP contribution in [0.15, 0.2) is 41.1 Å². The summed E-state index contributed by atoms with van der Waals surface area (Å²) < 4.78 is 2.80. The molecule has 0 aliphatic heterocycles. The fourth-order valence-electron chi connectivity index (χ4n) is 3.27. The van der Waals surface area contributed by atoms with Gasteiger partial charge in [0.05, 0.1) is 6.20 Å². The number of carbonyl (C=O) groups excluding carboxylic acids is 1. The first-order chi connectivity index (χ1) is 11.4. The van der Waals surface area contributed by atoms with Crippen LogP contribution >= 0.6 is 28.3 Å². The second kappa shape index (κ2) is 7.89. The maximum atomic E-state index is 12.9. The molecule has 25 heavy (non-hydrogen) atoms. The van der Waals surface area contributed by atoms with Crippen LogP contribution in [0.25, 0.3) is 0 Å². The highest BCUT2D eigenvalue weighted by Crippen LogP contribution is 2.49. The monoisotopic (exact) mass is 426 g/mol. The Morgan fingerprint density at radius 1 is 1.40 bits per heavy atom. The topological polar surface area (TPSA) is 50.2 Å². The fraction of sp³-hybridized carbons (Fsp3) is 0.444. The first-order valence-corrected chi connectivity index (χ1v) is 8.91. The number of nitrogens with one attached hydrogen (secondary N) is 1. The summed E-state index contributed by atoms with van der Waals surface area (Å²) in [6, 6.07) is 8.11. The lowest BCUT2D eigenvalue weighted by molar-refractivity contribution is -0.132. The maximum Gasteiger partial charge on any atom is 0.244 e. The Kier molecular flexibility index (Phi) is 6.30. The van der Waals surface area contributed by atoms with Crippen LogP contribution in [0.5, 0.6) is 0 Å². The van der Waals surface area contributed by atoms with E-state index in [1.165, 1.54) is 5.56 Å². The molecular formula is C18H24BrClN4O. The molecule has 1 N–H and O–H groups in total. The van der Waals surface area contributed by atoms with Gasteiger partial charge >= 0.3 is 0 Å². The molecule has 1 saturated carbocycles. The normalized spacial score (nSPS) is 16.0. The molecular weight excluding hydrogens is 404 g/mol. The highest BCUT2D eigenvalue weighted by atomic mass is 79.9. The number of nitrogens with zero attached hydrogens (tertiary/aromatic N) is 3. The van der Waals surface area contributed by atoms with Crippen molar-refractivity contribution in [2.24, 2.45) is 7.05 Å². The van der Waals surface area contributed by atoms with Gasteiger partial charge in [-0.05, 0) is 37.6 Å². The number of rotatable bonds is 6. The summed E-state index contributed by atoms with van der Waals surface area (Å²) in [4.78, 5) is 14.7. The minimum atomic E-state index is -0.357. The van der Waals surface area contributed by atoms with Crippen molar-refractivity contribution >= 4 is 34.2 Å². The van der Waals surface area contributed by atoms with Gasteiger partial charge in [0, 0.05) is 42.3 Å². The lowest BCUT2D eigenvalue weighted by Crippen LogP contribution is -2.41. The number of likely N-dealkylation sites (N-methyl/N-ethyl adjacent to an activating group) is 2. The number of carbonyl (C=O) groups is 1. The van der Waals surface area contributed by atoms with Crippen molar-refractivity contribution in [1.82, 2.24) is 20.0 Å². The van der Waals surface area contributed by atoms with Crippen molar-refractivity contribution in [3.05, 3.63) is 52.3 Å². The Labute approximate surface area is 163 Å². The molecule has 7 heteroatoms. The van der Waals surface area contributed by atoms with Gasteiger partial charge in [0.2, 0.25) is 5.91 Å². The van der Waals surface area contributed by atoms with Crippen LogP contribution < -0.4 is 5.32 Å². The smallest absolute Gasteiger partial charge is 0.244 e. The van der Waals surface area contributed by atoms with Crippen molar-refractivity contribution in [3.63, 3.8) is 0 Å². The van der Waals surface area contributed by atoms with Gasteiger partial charge in [-0.3, -0.25) is 9.48 Å². The van der Waals surface area contributed by atoms with Crippen LogP contribution in [0.2, 0.25) is 0 Å². The van der Waals surface area contributed by atoms with Gasteiger partial charge in [-0.2, -0.15) is 5.10 Å². The van der Waals surface area contributed by atoms with Gasteiger partial charge in [0.25, 0.3) is 0 Å². The van der Waals surface area contributed by atoms with E-state index in [1.807, 2.05) is 32.2 Å². The summed E-state index contributed by atoms with van der Waals surface area (Å²) in [5.74, 6) is 0.0777. The molecule has 1 aromatic carbocycles. The fourth-order valence-corrected chi connectivity index (χ4v) is 3.53. The zero-order chi connectivity index (χ0) is 17.3. The maximum absolute atomic E-state index is 12.9. The minimum absolute atomic E-state index is 0. The number of hydrogen-bond acceptors (Lipinski definition) is 3. The van der Waals surface area contributed by atoms with Gasteiger partial charge in [-0.25, -0.2) is 0 Å². The van der Waals surface area contributed by atoms with Crippen molar-refractivity contribution in [2.45, 2.75) is 24.3 Å². The molecule has 1 atom stereocenters. The number of aromatic nitrogens is 2. The van der Waals surface area contributed by atoms with Crippen LogP contribution in [-0.4, -0.2) is 41.2 Å². The lowest BCUT2D eigenvalue weighted by Gasteiger charge is -2.27. The van der Waals surface area contributed by atoms with E-state index in [2.05, 4.69) is 50.6 Å². The van der Waals surface area contributed by atoms with Crippen molar-refractivity contribution < 1.29 is 4.79 Å². The predicted octanol–water partition coefficient (Wildman–Crippen LogP) is 3.06. The van der Waals surface area contributed by atoms with Gasteiger partial charge in [-0.15, -0.1) is 12.4 Å². The number of benzene rings is 1. The third-order valence-corrected chi connectivity index (χ3v) is 5.35. The molecule has 0 radical (unpaired) electrons. The predicted molar refractivity (Wildman–Crippen MR) is 105 cm³/mol. The van der Waals surface area contributed by atoms with E-state index in [0.717, 1.165) is 29.4 Å². The molecule has 0 saturated heterocycles. The summed E-state index contributed by atoms with van der Waals surface area (Å²) in [6.07, 6.45) is 5.88. The zero-order valence-corrected chi connectivity index (χ0v) is 17.1. The van der Waals surface area contributed by atoms with Crippen molar-refractivity contribution in [1.29, 1.82) is 0 Å². The Bertz CT molecular complexity index is 727. The Balaban J connectivity index is 0.00000225. The Morgan fingerprint density at radius 3 is 2.52 bits per heavy atom. The molecule has 1 heterocycles. The summed E-state index contributed by atoms with van der Waals surface area (Å²) in [5, 5.41) is 7.29. The third kappa shape index (κ3) is 4.25. The van der Waals surface area contributed by atoms with Crippen LogP contribution in [0.4, 0.5) is 0 Å². The van der Waals surface area contributed by atoms with E-state index in [4.69, 9.17) is 0 Å².